The number of unbranched alkanes of at least 4 members (excludes halogenated alkanes) is 3. The number of aryl methyl sites for hydroxylation is 1. The molecule has 3 aliphatic rings. The van der Waals surface area contributed by atoms with Gasteiger partial charge >= 0.3 is 6.18 Å². The minimum absolute atomic E-state index is 0.0399. The Morgan fingerprint density at radius 1 is 1.06 bits per heavy atom. The van der Waals surface area contributed by atoms with E-state index in [0.717, 1.165) is 63.3 Å². The van der Waals surface area contributed by atoms with Gasteiger partial charge in [0.25, 0.3) is 0 Å². The number of amides is 3. The van der Waals surface area contributed by atoms with E-state index < -0.39 is 50.2 Å². The van der Waals surface area contributed by atoms with Crippen molar-refractivity contribution >= 4 is 55.7 Å². The molecule has 19 heteroatoms. The number of anilines is 1. The third-order valence-electron chi connectivity index (χ3n) is 11.9. The van der Waals surface area contributed by atoms with Crippen LogP contribution in [0.5, 0.6) is 11.5 Å². The SMILES string of the molecule is CCCCC/C=C\[C@@H]1C[C@@H]1C(=O)NS(=O)(=O)C1(C)CC1.COc1ccc2c(OC)cc(-c3nc(C(C)C)cs3)nc2c1C.NC(=O)[C@@H]1CCCN1C(=O)CNc1ccc(F)c(C(F)(F)F)c1. The second kappa shape index (κ2) is 22.0. The Balaban J connectivity index is 0.000000186. The van der Waals surface area contributed by atoms with Gasteiger partial charge in [-0.2, -0.15) is 13.2 Å². The quantitative estimate of drug-likeness (QED) is 0.0556. The van der Waals surface area contributed by atoms with Gasteiger partial charge in [-0.1, -0.05) is 45.8 Å². The summed E-state index contributed by atoms with van der Waals surface area (Å²) < 4.78 is 87.5. The summed E-state index contributed by atoms with van der Waals surface area (Å²) in [6.07, 6.45) is 7.24. The number of nitrogens with two attached hydrogens (primary N) is 1. The number of hydrogen-bond donors (Lipinski definition) is 3. The summed E-state index contributed by atoms with van der Waals surface area (Å²) in [4.78, 5) is 46.0. The number of primary amides is 1. The van der Waals surface area contributed by atoms with Crippen molar-refractivity contribution in [2.45, 2.75) is 115 Å². The lowest BCUT2D eigenvalue weighted by Crippen LogP contribution is -2.45. The van der Waals surface area contributed by atoms with Gasteiger partial charge in [0.1, 0.15) is 34.1 Å². The molecular weight excluding hydrogens is 901 g/mol. The van der Waals surface area contributed by atoms with Crippen molar-refractivity contribution in [2.24, 2.45) is 17.6 Å². The van der Waals surface area contributed by atoms with Gasteiger partial charge < -0.3 is 25.4 Å². The predicted octanol–water partition coefficient (Wildman–Crippen LogP) is 9.30. The fourth-order valence-electron chi connectivity index (χ4n) is 7.33. The summed E-state index contributed by atoms with van der Waals surface area (Å²) in [5, 5.41) is 6.50. The molecule has 13 nitrogen and oxygen atoms in total. The lowest BCUT2D eigenvalue weighted by atomic mass is 10.1. The molecule has 0 unspecified atom stereocenters. The van der Waals surface area contributed by atoms with Crippen molar-refractivity contribution in [3.8, 4) is 22.2 Å². The van der Waals surface area contributed by atoms with Crippen molar-refractivity contribution in [3.63, 3.8) is 0 Å². The van der Waals surface area contributed by atoms with Gasteiger partial charge in [0.15, 0.2) is 0 Å². The third kappa shape index (κ3) is 13.0. The Bertz CT molecular complexity index is 2510. The zero-order valence-electron chi connectivity index (χ0n) is 38.4. The van der Waals surface area contributed by atoms with Gasteiger partial charge in [-0.25, -0.2) is 22.8 Å². The standard InChI is InChI=1S/C18H20N2O2S.C15H25NO3S.C14H15F4N3O2/c1-10(2)14-9-23-18(20-14)13-8-16(22-5)12-6-7-15(21-4)11(3)17(12)19-13;1-3-4-5-6-7-8-12-11-13(12)14(17)16-20(18,19)15(2)9-10-15;15-10-4-3-8(6-9(10)14(16,17)18)20-7-12(22)21-5-1-2-11(21)13(19)23/h6-10H,1-5H3;7-8,12-13H,3-6,9-11H2,1-2H3,(H,16,17);3-4,6,11,20H,1-2,5,7H2,(H2,19,23)/b;8-7-;/t;12-,13+;11-/m.10/s1. The van der Waals surface area contributed by atoms with E-state index >= 15 is 0 Å². The summed E-state index contributed by atoms with van der Waals surface area (Å²) in [7, 11) is -0.119. The number of carbonyl (C=O) groups excluding carboxylic acids is 3. The number of likely N-dealkylation sites (tertiary alicyclic amines) is 1. The Morgan fingerprint density at radius 2 is 1.77 bits per heavy atom. The van der Waals surface area contributed by atoms with E-state index in [1.807, 2.05) is 25.1 Å². The lowest BCUT2D eigenvalue weighted by molar-refractivity contribution is -0.140. The molecule has 1 saturated heterocycles. The van der Waals surface area contributed by atoms with E-state index in [1.54, 1.807) is 32.5 Å². The molecule has 0 spiro atoms. The highest BCUT2D eigenvalue weighted by molar-refractivity contribution is 7.91. The number of hydrogen-bond acceptors (Lipinski definition) is 11. The number of carbonyl (C=O) groups is 3. The largest absolute Gasteiger partial charge is 0.496 e. The van der Waals surface area contributed by atoms with E-state index in [1.165, 1.54) is 24.2 Å². The minimum Gasteiger partial charge on any atom is -0.496 e. The van der Waals surface area contributed by atoms with Crippen LogP contribution < -0.4 is 25.2 Å². The van der Waals surface area contributed by atoms with E-state index in [4.69, 9.17) is 25.2 Å². The van der Waals surface area contributed by atoms with E-state index in [2.05, 4.69) is 48.3 Å². The number of halogens is 4. The van der Waals surface area contributed by atoms with Gasteiger partial charge in [0.05, 0.1) is 42.3 Å². The molecule has 0 radical (unpaired) electrons. The van der Waals surface area contributed by atoms with Crippen LogP contribution in [0.2, 0.25) is 0 Å². The normalized spacial score (nSPS) is 18.5. The number of sulfonamides is 1. The molecule has 3 fully saturated rings. The van der Waals surface area contributed by atoms with Crippen molar-refractivity contribution in [1.82, 2.24) is 19.6 Å². The van der Waals surface area contributed by atoms with Crippen molar-refractivity contribution < 1.29 is 49.8 Å². The number of methoxy groups -OCH3 is 2. The van der Waals surface area contributed by atoms with Crippen LogP contribution in [0, 0.1) is 24.6 Å². The first kappa shape index (κ1) is 51.7. The molecule has 3 amide bonds. The second-order valence-corrected chi connectivity index (χ2v) is 20.3. The van der Waals surface area contributed by atoms with Gasteiger partial charge in [0, 0.05) is 40.5 Å². The Hall–Kier alpha value is -5.30. The van der Waals surface area contributed by atoms with E-state index in [9.17, 15) is 40.4 Å². The van der Waals surface area contributed by atoms with E-state index in [0.29, 0.717) is 50.3 Å². The van der Waals surface area contributed by atoms with Crippen LogP contribution in [0.4, 0.5) is 23.2 Å². The number of allylic oxidation sites excluding steroid dienone is 2. The number of aromatic nitrogens is 2. The first-order valence-electron chi connectivity index (χ1n) is 22.0. The topological polar surface area (TPSA) is 183 Å². The van der Waals surface area contributed by atoms with Crippen LogP contribution in [0.25, 0.3) is 21.6 Å². The summed E-state index contributed by atoms with van der Waals surface area (Å²) in [6, 6.07) is 7.57. The average Bonchev–Trinajstić information content (AvgIpc) is 4.08. The number of benzene rings is 2. The number of ether oxygens (including phenoxy) is 2. The third-order valence-corrected chi connectivity index (χ3v) is 15.0. The maximum Gasteiger partial charge on any atom is 0.419 e. The molecule has 2 aromatic carbocycles. The fraction of sp³-hybridized carbons (Fsp3) is 0.511. The Kier molecular flexibility index (Phi) is 17.2. The first-order valence-corrected chi connectivity index (χ1v) is 24.4. The van der Waals surface area contributed by atoms with Crippen molar-refractivity contribution in [1.29, 1.82) is 0 Å². The van der Waals surface area contributed by atoms with Crippen molar-refractivity contribution in [2.75, 3.05) is 32.6 Å². The van der Waals surface area contributed by atoms with Crippen LogP contribution in [-0.2, 0) is 30.6 Å². The summed E-state index contributed by atoms with van der Waals surface area (Å²) >= 11 is 1.61. The number of fused-ring (bicyclic) bond motifs is 1. The molecule has 2 aromatic heterocycles. The molecule has 7 rings (SSSR count). The first-order chi connectivity index (χ1) is 31.1. The predicted molar refractivity (Wildman–Crippen MR) is 248 cm³/mol. The average molecular weight is 961 g/mol. The highest BCUT2D eigenvalue weighted by Gasteiger charge is 2.52. The Morgan fingerprint density at radius 3 is 2.38 bits per heavy atom. The number of thiazole rings is 1. The molecule has 3 atom stereocenters. The second-order valence-electron chi connectivity index (χ2n) is 17.3. The molecule has 1 aliphatic heterocycles. The minimum atomic E-state index is -4.82. The van der Waals surface area contributed by atoms with Gasteiger partial charge in [-0.3, -0.25) is 19.1 Å². The van der Waals surface area contributed by atoms with Crippen molar-refractivity contribution in [3.05, 3.63) is 76.6 Å². The van der Waals surface area contributed by atoms with E-state index in [-0.39, 0.29) is 30.0 Å². The Labute approximate surface area is 388 Å². The van der Waals surface area contributed by atoms with Gasteiger partial charge in [-0.05, 0) is 101 Å². The maximum atomic E-state index is 13.2. The smallest absolute Gasteiger partial charge is 0.419 e. The number of pyridine rings is 1. The summed E-state index contributed by atoms with van der Waals surface area (Å²) in [5.74, 6) is -0.647. The lowest BCUT2D eigenvalue weighted by Gasteiger charge is -2.22. The fourth-order valence-corrected chi connectivity index (χ4v) is 9.57. The maximum absolute atomic E-state index is 13.2. The van der Waals surface area contributed by atoms with Crippen LogP contribution in [0.15, 0.2) is 53.9 Å². The molecule has 0 bridgehead atoms. The van der Waals surface area contributed by atoms with Crippen LogP contribution in [-0.4, -0.2) is 79.1 Å². The number of nitrogens with zero attached hydrogens (tertiary/aromatic N) is 3. The number of rotatable bonds is 16. The van der Waals surface area contributed by atoms with Gasteiger partial charge in [0.2, 0.25) is 27.7 Å². The molecule has 2 saturated carbocycles. The number of nitrogens with one attached hydrogen (secondary N) is 2. The molecule has 3 heterocycles. The van der Waals surface area contributed by atoms with Crippen LogP contribution in [0.3, 0.4) is 0 Å². The molecular formula is C47H60F4N6O7S2. The molecule has 66 heavy (non-hydrogen) atoms. The highest BCUT2D eigenvalue weighted by atomic mass is 32.2. The van der Waals surface area contributed by atoms with Gasteiger partial charge in [-0.15, -0.1) is 11.3 Å². The molecule has 2 aliphatic carbocycles. The molecule has 4 aromatic rings. The highest BCUT2D eigenvalue weighted by Crippen LogP contribution is 2.44. The summed E-state index contributed by atoms with van der Waals surface area (Å²) in [6.45, 7) is 10.2. The van der Waals surface area contributed by atoms with Crippen LogP contribution >= 0.6 is 11.3 Å². The zero-order valence-corrected chi connectivity index (χ0v) is 40.0. The van der Waals surface area contributed by atoms with Crippen LogP contribution in [0.1, 0.15) is 108 Å². The molecule has 360 valence electrons. The summed E-state index contributed by atoms with van der Waals surface area (Å²) in [5.41, 5.74) is 7.57. The number of alkyl halides is 3. The monoisotopic (exact) mass is 960 g/mol. The molecule has 4 N–H and O–H groups in total. The zero-order chi connectivity index (χ0) is 48.6.